The minimum absolute atomic E-state index is 0.0282. The summed E-state index contributed by atoms with van der Waals surface area (Å²) in [6, 6.07) is 17.7. The van der Waals surface area contributed by atoms with Gasteiger partial charge in [-0.25, -0.2) is 4.98 Å². The molecule has 2 saturated heterocycles. The average molecular weight is 813 g/mol. The lowest BCUT2D eigenvalue weighted by molar-refractivity contribution is -0.143. The number of fused-ring (bicyclic) bond motifs is 3. The Labute approximate surface area is 337 Å². The number of carbonyl (C=O) groups excluding carboxylic acids is 1. The van der Waals surface area contributed by atoms with Gasteiger partial charge in [-0.2, -0.15) is 23.4 Å². The van der Waals surface area contributed by atoms with Gasteiger partial charge in [0.15, 0.2) is 5.58 Å². The van der Waals surface area contributed by atoms with Gasteiger partial charge < -0.3 is 29.6 Å². The van der Waals surface area contributed by atoms with Gasteiger partial charge in [-0.15, -0.1) is 0 Å². The number of halogens is 4. The predicted molar refractivity (Wildman–Crippen MR) is 208 cm³/mol. The van der Waals surface area contributed by atoms with E-state index >= 15 is 0 Å². The number of nitrogens with zero attached hydrogens (tertiary/aromatic N) is 4. The molecule has 15 heteroatoms. The number of aliphatic hydroxyl groups is 1. The number of β-amino-alcohol motifs (C(OH)–C–C–N with tert-alkyl or cyclic N) is 1. The highest BCUT2D eigenvalue weighted by Gasteiger charge is 2.41. The van der Waals surface area contributed by atoms with Gasteiger partial charge >= 0.3 is 6.18 Å². The van der Waals surface area contributed by atoms with Crippen molar-refractivity contribution >= 4 is 28.5 Å². The number of likely N-dealkylation sites (tertiary alicyclic amines) is 1. The number of nitrogens with one attached hydrogen (secondary N) is 2. The van der Waals surface area contributed by atoms with Crippen LogP contribution in [0.25, 0.3) is 33.4 Å². The van der Waals surface area contributed by atoms with Crippen molar-refractivity contribution in [2.45, 2.75) is 82.0 Å². The van der Waals surface area contributed by atoms with Crippen LogP contribution in [0.5, 0.6) is 11.8 Å². The van der Waals surface area contributed by atoms with Gasteiger partial charge in [-0.05, 0) is 84.5 Å². The maximum absolute atomic E-state index is 14.5. The van der Waals surface area contributed by atoms with E-state index in [1.807, 2.05) is 42.5 Å². The van der Waals surface area contributed by atoms with Gasteiger partial charge in [0.2, 0.25) is 23.4 Å². The number of aromatic nitrogens is 2. The van der Waals surface area contributed by atoms with Crippen molar-refractivity contribution in [1.29, 1.82) is 5.26 Å². The van der Waals surface area contributed by atoms with E-state index < -0.39 is 23.9 Å². The molecule has 4 heterocycles. The summed E-state index contributed by atoms with van der Waals surface area (Å²) >= 11 is 7.20. The van der Waals surface area contributed by atoms with E-state index in [-0.39, 0.29) is 42.2 Å². The smallest absolute Gasteiger partial charge is 0.438 e. The Bertz CT molecular complexity index is 2480. The van der Waals surface area contributed by atoms with Gasteiger partial charge in [0.05, 0.1) is 23.8 Å². The van der Waals surface area contributed by atoms with Gasteiger partial charge in [0, 0.05) is 61.2 Å². The number of rotatable bonds is 10. The van der Waals surface area contributed by atoms with E-state index in [2.05, 4.69) is 37.6 Å². The van der Waals surface area contributed by atoms with Gasteiger partial charge in [0.1, 0.15) is 23.6 Å². The first-order valence-electron chi connectivity index (χ1n) is 19.5. The number of carbonyl (C=O) groups is 1. The molecule has 11 nitrogen and oxygen atoms in total. The van der Waals surface area contributed by atoms with Crippen LogP contribution in [0.4, 0.5) is 13.2 Å². The first kappa shape index (κ1) is 38.3. The van der Waals surface area contributed by atoms with Crippen molar-refractivity contribution in [3.63, 3.8) is 0 Å². The molecule has 9 rings (SSSR count). The molecule has 0 saturated carbocycles. The van der Waals surface area contributed by atoms with Crippen LogP contribution in [0.2, 0.25) is 5.02 Å². The van der Waals surface area contributed by atoms with Crippen LogP contribution >= 0.6 is 11.6 Å². The molecule has 4 aliphatic rings. The number of furan rings is 1. The fourth-order valence-electron chi connectivity index (χ4n) is 9.17. The Balaban J connectivity index is 0.999. The molecule has 3 N–H and O–H groups in total. The lowest BCUT2D eigenvalue weighted by Crippen LogP contribution is -2.35. The Hall–Kier alpha value is -5.20. The zero-order chi connectivity index (χ0) is 40.3. The quantitative estimate of drug-likeness (QED) is 0.129. The molecule has 1 amide bonds. The van der Waals surface area contributed by atoms with E-state index in [0.29, 0.717) is 71.8 Å². The molecule has 2 aliphatic heterocycles. The van der Waals surface area contributed by atoms with Gasteiger partial charge in [0.25, 0.3) is 0 Å². The van der Waals surface area contributed by atoms with Crippen molar-refractivity contribution < 1.29 is 37.0 Å². The summed E-state index contributed by atoms with van der Waals surface area (Å²) in [4.78, 5) is 22.0. The summed E-state index contributed by atoms with van der Waals surface area (Å²) in [5.41, 5.74) is 5.65. The molecule has 58 heavy (non-hydrogen) atoms. The van der Waals surface area contributed by atoms with Crippen LogP contribution in [0.3, 0.4) is 0 Å². The molecular formula is C43H40ClF3N6O5. The monoisotopic (exact) mass is 812 g/mol. The lowest BCUT2D eigenvalue weighted by atomic mass is 9.95. The highest BCUT2D eigenvalue weighted by molar-refractivity contribution is 6.36. The second-order valence-electron chi connectivity index (χ2n) is 15.4. The van der Waals surface area contributed by atoms with Crippen molar-refractivity contribution in [2.24, 2.45) is 0 Å². The zero-order valence-electron chi connectivity index (χ0n) is 31.6. The number of alkyl halides is 3. The van der Waals surface area contributed by atoms with Crippen LogP contribution in [-0.2, 0) is 30.4 Å². The van der Waals surface area contributed by atoms with Crippen LogP contribution in [-0.4, -0.2) is 64.8 Å². The van der Waals surface area contributed by atoms with Crippen molar-refractivity contribution in [3.8, 4) is 40.3 Å². The average Bonchev–Trinajstić information content (AvgIpc) is 4.06. The normalized spacial score (nSPS) is 21.6. The number of hydrogen-bond acceptors (Lipinski definition) is 10. The van der Waals surface area contributed by atoms with E-state index in [9.17, 15) is 28.3 Å². The Morgan fingerprint density at radius 3 is 2.55 bits per heavy atom. The third-order valence-corrected chi connectivity index (χ3v) is 12.3. The Morgan fingerprint density at radius 1 is 1.02 bits per heavy atom. The van der Waals surface area contributed by atoms with Crippen molar-refractivity contribution in [3.05, 3.63) is 92.8 Å². The highest BCUT2D eigenvalue weighted by Crippen LogP contribution is 2.47. The second-order valence-corrected chi connectivity index (χ2v) is 15.8. The highest BCUT2D eigenvalue weighted by atomic mass is 35.5. The third kappa shape index (κ3) is 6.93. The van der Waals surface area contributed by atoms with Crippen molar-refractivity contribution in [1.82, 2.24) is 25.5 Å². The molecule has 300 valence electrons. The molecule has 4 atom stereocenters. The molecule has 2 aromatic heterocycles. The minimum Gasteiger partial charge on any atom is -0.480 e. The number of hydrogen-bond donors (Lipinski definition) is 3. The molecule has 0 spiro atoms. The van der Waals surface area contributed by atoms with Gasteiger partial charge in [-0.1, -0.05) is 41.9 Å². The fourth-order valence-corrected chi connectivity index (χ4v) is 9.49. The third-order valence-electron chi connectivity index (χ3n) is 11.9. The summed E-state index contributed by atoms with van der Waals surface area (Å²) in [7, 11) is 1.31. The first-order chi connectivity index (χ1) is 28.0. The standard InChI is InChI=1S/C43H40ClF3N6O5/c1-56-41-33(20-49-19-23-8-13-37(55)50-23)51-40(43(45,46)47)42(52-41)58-35-12-10-26-25(4-2-5-28(26)35)29-6-3-7-30(38(29)44)36-17-22-16-31-27(32(18-48)39(22)57-36)9-11-34(31)53-15-14-24(54)21-53/h2-7,16-17,23-24,34-35,49,54H,8-15,19-21H2,1H3,(H,50,55)/t23-,24-,34-,35+/m1/s1. The number of benzene rings is 3. The summed E-state index contributed by atoms with van der Waals surface area (Å²) in [6.07, 6.45) is -1.61. The molecule has 5 aromatic rings. The summed E-state index contributed by atoms with van der Waals surface area (Å²) < 4.78 is 61.3. The van der Waals surface area contributed by atoms with E-state index in [4.69, 9.17) is 25.5 Å². The number of nitriles is 1. The molecule has 2 fully saturated rings. The summed E-state index contributed by atoms with van der Waals surface area (Å²) in [5.74, 6) is -0.306. The number of methoxy groups -OCH3 is 1. The SMILES string of the molecule is COc1nc(O[C@H]2CCc3c(-c4cccc(-c5cc6cc7c(c(C#N)c6o5)CC[C@H]7N5CC[C@@H](O)C5)c4Cl)cccc32)c(C(F)(F)F)nc1CNC[C@H]1CCC(=O)N1. The van der Waals surface area contributed by atoms with E-state index in [0.717, 1.165) is 59.0 Å². The van der Waals surface area contributed by atoms with Crippen molar-refractivity contribution in [2.75, 3.05) is 26.7 Å². The van der Waals surface area contributed by atoms with Crippen LogP contribution in [0.1, 0.15) is 83.5 Å². The zero-order valence-corrected chi connectivity index (χ0v) is 32.3. The Kier molecular flexibility index (Phi) is 10.0. The molecule has 0 bridgehead atoms. The summed E-state index contributed by atoms with van der Waals surface area (Å²) in [6.45, 7) is 1.74. The van der Waals surface area contributed by atoms with Crippen LogP contribution < -0.4 is 20.1 Å². The van der Waals surface area contributed by atoms with Crippen LogP contribution in [0, 0.1) is 11.3 Å². The topological polar surface area (TPSA) is 146 Å². The molecule has 2 aliphatic carbocycles. The number of ether oxygens (including phenoxy) is 2. The predicted octanol–water partition coefficient (Wildman–Crippen LogP) is 7.60. The molecular weight excluding hydrogens is 773 g/mol. The largest absolute Gasteiger partial charge is 0.480 e. The summed E-state index contributed by atoms with van der Waals surface area (Å²) in [5, 5.41) is 27.6. The lowest BCUT2D eigenvalue weighted by Gasteiger charge is -2.24. The second kappa shape index (κ2) is 15.2. The maximum atomic E-state index is 14.5. The first-order valence-corrected chi connectivity index (χ1v) is 19.9. The molecule has 3 aromatic carbocycles. The van der Waals surface area contributed by atoms with E-state index in [1.165, 1.54) is 7.11 Å². The minimum atomic E-state index is -4.86. The van der Waals surface area contributed by atoms with E-state index in [1.54, 1.807) is 0 Å². The molecule has 0 unspecified atom stereocenters. The van der Waals surface area contributed by atoms with Gasteiger partial charge in [-0.3, -0.25) is 9.69 Å². The number of amides is 1. The fraction of sp³-hybridized carbons (Fsp3) is 0.395. The number of aliphatic hydroxyl groups excluding tert-OH is 1. The molecule has 0 radical (unpaired) electrons. The maximum Gasteiger partial charge on any atom is 0.438 e. The Morgan fingerprint density at radius 2 is 1.81 bits per heavy atom. The van der Waals surface area contributed by atoms with Crippen LogP contribution in [0.15, 0.2) is 52.9 Å².